The summed E-state index contributed by atoms with van der Waals surface area (Å²) >= 11 is 0. The second kappa shape index (κ2) is 3.45. The first-order valence-electron chi connectivity index (χ1n) is 4.39. The number of hydrogen-bond donors (Lipinski definition) is 3. The monoisotopic (exact) mass is 261 g/mol. The lowest BCUT2D eigenvalue weighted by molar-refractivity contribution is 0.0686. The minimum absolute atomic E-state index is 0.191. The summed E-state index contributed by atoms with van der Waals surface area (Å²) in [4.78, 5) is 25.6. The Labute approximate surface area is 94.4 Å². The molecule has 0 radical (unpaired) electrons. The third kappa shape index (κ3) is 1.82. The third-order valence-corrected chi connectivity index (χ3v) is 3.39. The van der Waals surface area contributed by atoms with Gasteiger partial charge in [0.2, 0.25) is 21.7 Å². The standard InChI is InChI=1S/C7H7N3O6S/c11-4-3(6(13)14)8-7-9-17(15,16)2-1-10(7)5(4)12/h11H,1-2H2,(H,8,9)(H,13,14). The number of sulfonamides is 1. The molecule has 0 amide bonds. The van der Waals surface area contributed by atoms with E-state index in [1.54, 1.807) is 0 Å². The average molecular weight is 261 g/mol. The van der Waals surface area contributed by atoms with Crippen LogP contribution in [-0.4, -0.2) is 39.9 Å². The zero-order valence-electron chi connectivity index (χ0n) is 8.24. The van der Waals surface area contributed by atoms with Crippen molar-refractivity contribution in [2.45, 2.75) is 6.54 Å². The van der Waals surface area contributed by atoms with E-state index in [0.29, 0.717) is 0 Å². The number of nitrogens with one attached hydrogen (secondary N) is 1. The van der Waals surface area contributed by atoms with Crippen molar-refractivity contribution >= 4 is 21.9 Å². The Hall–Kier alpha value is -2.10. The molecule has 1 aliphatic heterocycles. The zero-order chi connectivity index (χ0) is 12.8. The number of aromatic hydroxyl groups is 1. The average Bonchev–Trinajstić information content (AvgIpc) is 2.21. The minimum Gasteiger partial charge on any atom is -0.501 e. The summed E-state index contributed by atoms with van der Waals surface area (Å²) in [7, 11) is -3.62. The predicted molar refractivity (Wildman–Crippen MR) is 54.5 cm³/mol. The highest BCUT2D eigenvalue weighted by molar-refractivity contribution is 7.92. The number of fused-ring (bicyclic) bond motifs is 1. The number of anilines is 1. The summed E-state index contributed by atoms with van der Waals surface area (Å²) in [6, 6.07) is 0. The van der Waals surface area contributed by atoms with Crippen LogP contribution >= 0.6 is 0 Å². The van der Waals surface area contributed by atoms with E-state index < -0.39 is 38.9 Å². The molecule has 9 nitrogen and oxygen atoms in total. The van der Waals surface area contributed by atoms with Crippen LogP contribution < -0.4 is 10.3 Å². The molecule has 3 N–H and O–H groups in total. The number of hydrogen-bond acceptors (Lipinski definition) is 6. The zero-order valence-corrected chi connectivity index (χ0v) is 9.06. The summed E-state index contributed by atoms with van der Waals surface area (Å²) in [5, 5.41) is 18.0. The largest absolute Gasteiger partial charge is 0.501 e. The number of carboxylic acid groups (broad SMARTS) is 1. The van der Waals surface area contributed by atoms with E-state index >= 15 is 0 Å². The topological polar surface area (TPSA) is 139 Å². The van der Waals surface area contributed by atoms with Crippen molar-refractivity contribution in [1.29, 1.82) is 0 Å². The molecule has 10 heteroatoms. The summed E-state index contributed by atoms with van der Waals surface area (Å²) < 4.78 is 25.2. The maximum atomic E-state index is 11.5. The quantitative estimate of drug-likeness (QED) is 0.553. The highest BCUT2D eigenvalue weighted by Gasteiger charge is 2.27. The first-order chi connectivity index (χ1) is 7.82. The van der Waals surface area contributed by atoms with Gasteiger partial charge in [-0.15, -0.1) is 0 Å². The van der Waals surface area contributed by atoms with Crippen molar-refractivity contribution in [1.82, 2.24) is 9.55 Å². The van der Waals surface area contributed by atoms with Gasteiger partial charge < -0.3 is 10.2 Å². The normalized spacial score (nSPS) is 16.9. The summed E-state index contributed by atoms with van der Waals surface area (Å²) in [5.74, 6) is -3.38. The van der Waals surface area contributed by atoms with E-state index in [-0.39, 0.29) is 12.3 Å². The van der Waals surface area contributed by atoms with Gasteiger partial charge in [0.25, 0.3) is 5.56 Å². The van der Waals surface area contributed by atoms with E-state index in [1.165, 1.54) is 0 Å². The number of rotatable bonds is 1. The number of aromatic carboxylic acids is 1. The van der Waals surface area contributed by atoms with Crippen LogP contribution in [0.15, 0.2) is 4.79 Å². The van der Waals surface area contributed by atoms with Gasteiger partial charge in [0.05, 0.1) is 5.75 Å². The van der Waals surface area contributed by atoms with Gasteiger partial charge in [-0.1, -0.05) is 0 Å². The van der Waals surface area contributed by atoms with Crippen LogP contribution in [-0.2, 0) is 16.6 Å². The fourth-order valence-corrected chi connectivity index (χ4v) is 2.34. The fourth-order valence-electron chi connectivity index (χ4n) is 1.38. The molecule has 0 aliphatic carbocycles. The van der Waals surface area contributed by atoms with E-state index in [1.807, 2.05) is 4.72 Å². The van der Waals surface area contributed by atoms with Gasteiger partial charge in [-0.2, -0.15) is 0 Å². The molecule has 0 fully saturated rings. The number of carboxylic acids is 1. The molecule has 0 saturated carbocycles. The molecule has 92 valence electrons. The molecule has 0 spiro atoms. The van der Waals surface area contributed by atoms with Crippen molar-refractivity contribution in [3.63, 3.8) is 0 Å². The van der Waals surface area contributed by atoms with Gasteiger partial charge in [-0.25, -0.2) is 18.2 Å². The fraction of sp³-hybridized carbons (Fsp3) is 0.286. The van der Waals surface area contributed by atoms with Gasteiger partial charge in [0.15, 0.2) is 5.69 Å². The Morgan fingerprint density at radius 1 is 1.47 bits per heavy atom. The summed E-state index contributed by atoms with van der Waals surface area (Å²) in [5.41, 5.74) is -1.87. The van der Waals surface area contributed by atoms with Crippen molar-refractivity contribution in [2.75, 3.05) is 10.5 Å². The van der Waals surface area contributed by atoms with E-state index in [9.17, 15) is 23.1 Å². The van der Waals surface area contributed by atoms with E-state index in [4.69, 9.17) is 5.11 Å². The van der Waals surface area contributed by atoms with Crippen LogP contribution in [0.4, 0.5) is 5.95 Å². The second-order valence-electron chi connectivity index (χ2n) is 3.32. The van der Waals surface area contributed by atoms with E-state index in [2.05, 4.69) is 4.98 Å². The van der Waals surface area contributed by atoms with Crippen LogP contribution in [0.1, 0.15) is 10.5 Å². The van der Waals surface area contributed by atoms with Gasteiger partial charge in [0, 0.05) is 6.54 Å². The molecule has 1 aromatic heterocycles. The van der Waals surface area contributed by atoms with Gasteiger partial charge in [-0.05, 0) is 0 Å². The Morgan fingerprint density at radius 3 is 2.71 bits per heavy atom. The molecule has 2 heterocycles. The Bertz CT molecular complexity index is 661. The van der Waals surface area contributed by atoms with E-state index in [0.717, 1.165) is 4.57 Å². The first-order valence-corrected chi connectivity index (χ1v) is 6.04. The molecule has 0 saturated heterocycles. The highest BCUT2D eigenvalue weighted by atomic mass is 32.2. The SMILES string of the molecule is O=C(O)c1nc2n(c(=O)c1O)CCS(=O)(=O)N2. The van der Waals surface area contributed by atoms with Crippen LogP contribution in [0.25, 0.3) is 0 Å². The molecule has 0 bridgehead atoms. The Morgan fingerprint density at radius 2 is 2.12 bits per heavy atom. The number of carbonyl (C=O) groups is 1. The van der Waals surface area contributed by atoms with Gasteiger partial charge >= 0.3 is 5.97 Å². The predicted octanol–water partition coefficient (Wildman–Crippen LogP) is -1.60. The summed E-state index contributed by atoms with van der Waals surface area (Å²) in [6.07, 6.45) is 0. The third-order valence-electron chi connectivity index (χ3n) is 2.18. The molecule has 1 aliphatic rings. The van der Waals surface area contributed by atoms with Crippen molar-refractivity contribution in [2.24, 2.45) is 0 Å². The lowest BCUT2D eigenvalue weighted by atomic mass is 10.3. The smallest absolute Gasteiger partial charge is 0.358 e. The lowest BCUT2D eigenvalue weighted by Gasteiger charge is -2.19. The molecule has 0 aromatic carbocycles. The molecule has 0 unspecified atom stereocenters. The number of aromatic nitrogens is 2. The lowest BCUT2D eigenvalue weighted by Crippen LogP contribution is -2.36. The molecular weight excluding hydrogens is 254 g/mol. The van der Waals surface area contributed by atoms with Gasteiger partial charge in [0.1, 0.15) is 0 Å². The van der Waals surface area contributed by atoms with Crippen molar-refractivity contribution < 1.29 is 23.4 Å². The highest BCUT2D eigenvalue weighted by Crippen LogP contribution is 2.16. The molecular formula is C7H7N3O6S. The molecule has 1 aromatic rings. The number of nitrogens with zero attached hydrogens (tertiary/aromatic N) is 2. The van der Waals surface area contributed by atoms with Crippen LogP contribution in [0.5, 0.6) is 5.75 Å². The summed E-state index contributed by atoms with van der Waals surface area (Å²) in [6.45, 7) is -0.191. The van der Waals surface area contributed by atoms with Crippen LogP contribution in [0.2, 0.25) is 0 Å². The van der Waals surface area contributed by atoms with Crippen LogP contribution in [0, 0.1) is 0 Å². The minimum atomic E-state index is -3.62. The van der Waals surface area contributed by atoms with Crippen molar-refractivity contribution in [3.8, 4) is 5.75 Å². The molecule has 17 heavy (non-hydrogen) atoms. The Kier molecular flexibility index (Phi) is 2.31. The molecule has 2 rings (SSSR count). The molecule has 0 atom stereocenters. The van der Waals surface area contributed by atoms with Crippen molar-refractivity contribution in [3.05, 3.63) is 16.0 Å². The van der Waals surface area contributed by atoms with Gasteiger partial charge in [-0.3, -0.25) is 14.1 Å². The first kappa shape index (κ1) is 11.4. The second-order valence-corrected chi connectivity index (χ2v) is 5.16. The maximum Gasteiger partial charge on any atom is 0.358 e. The maximum absolute atomic E-state index is 11.5. The Balaban J connectivity index is 2.72. The van der Waals surface area contributed by atoms with Crippen LogP contribution in [0.3, 0.4) is 0 Å².